The summed E-state index contributed by atoms with van der Waals surface area (Å²) in [6.07, 6.45) is -6.05. The second kappa shape index (κ2) is 10.6. The van der Waals surface area contributed by atoms with Crippen molar-refractivity contribution < 1.29 is 32.9 Å². The molecule has 10 heteroatoms. The number of ether oxygens (including phenoxy) is 1. The summed E-state index contributed by atoms with van der Waals surface area (Å²) in [7, 11) is 0. The number of carbonyl (C=O) groups is 1. The second-order valence-electron chi connectivity index (χ2n) is 10.1. The second-order valence-corrected chi connectivity index (χ2v) is 10.1. The third kappa shape index (κ3) is 6.25. The van der Waals surface area contributed by atoms with E-state index in [4.69, 9.17) is 4.74 Å². The van der Waals surface area contributed by atoms with Crippen LogP contribution in [0, 0.1) is 0 Å². The van der Waals surface area contributed by atoms with Crippen LogP contribution in [-0.4, -0.2) is 51.5 Å². The number of nitrogens with zero attached hydrogens (tertiary/aromatic N) is 3. The maximum atomic E-state index is 13.1. The highest BCUT2D eigenvalue weighted by atomic mass is 19.4. The topological polar surface area (TPSA) is 86.1 Å². The van der Waals surface area contributed by atoms with Crippen molar-refractivity contribution in [2.75, 3.05) is 24.6 Å². The Morgan fingerprint density at radius 1 is 1.05 bits per heavy atom. The van der Waals surface area contributed by atoms with Crippen molar-refractivity contribution in [3.8, 4) is 11.3 Å². The highest BCUT2D eigenvalue weighted by molar-refractivity contribution is 5.75. The fourth-order valence-corrected chi connectivity index (χ4v) is 4.23. The van der Waals surface area contributed by atoms with Crippen molar-refractivity contribution in [3.63, 3.8) is 0 Å². The molecule has 0 bridgehead atoms. The van der Waals surface area contributed by atoms with E-state index in [0.29, 0.717) is 29.2 Å². The number of amides is 1. The van der Waals surface area contributed by atoms with Crippen LogP contribution in [0.5, 0.6) is 0 Å². The first kappa shape index (κ1) is 27.4. The normalized spacial score (nSPS) is 15.1. The van der Waals surface area contributed by atoms with Gasteiger partial charge in [0.1, 0.15) is 11.7 Å². The molecule has 1 atom stereocenters. The van der Waals surface area contributed by atoms with E-state index in [1.54, 1.807) is 43.9 Å². The number of pyridine rings is 1. The van der Waals surface area contributed by atoms with E-state index in [1.807, 2.05) is 23.1 Å². The van der Waals surface area contributed by atoms with Crippen molar-refractivity contribution in [2.45, 2.75) is 45.2 Å². The summed E-state index contributed by atoms with van der Waals surface area (Å²) >= 11 is 0. The molecule has 7 nitrogen and oxygen atoms in total. The Bertz CT molecular complexity index is 1290. The zero-order valence-electron chi connectivity index (χ0n) is 21.4. The monoisotopic (exact) mass is 529 g/mol. The number of benzene rings is 2. The molecule has 0 radical (unpaired) electrons. The molecule has 0 saturated carbocycles. The van der Waals surface area contributed by atoms with Gasteiger partial charge >= 0.3 is 12.3 Å². The van der Waals surface area contributed by atoms with Crippen molar-refractivity contribution in [3.05, 3.63) is 77.5 Å². The first-order chi connectivity index (χ1) is 17.9. The van der Waals surface area contributed by atoms with E-state index in [0.717, 1.165) is 23.4 Å². The number of aliphatic hydroxyl groups is 2. The van der Waals surface area contributed by atoms with Gasteiger partial charge in [-0.3, -0.25) is 0 Å². The molecule has 1 amide bonds. The molecule has 2 N–H and O–H groups in total. The minimum Gasteiger partial charge on any atom is -0.444 e. The van der Waals surface area contributed by atoms with Gasteiger partial charge in [-0.05, 0) is 74.9 Å². The lowest BCUT2D eigenvalue weighted by Crippen LogP contribution is -2.38. The van der Waals surface area contributed by atoms with E-state index in [9.17, 15) is 28.2 Å². The van der Waals surface area contributed by atoms with Gasteiger partial charge in [0.05, 0.1) is 30.1 Å². The van der Waals surface area contributed by atoms with Gasteiger partial charge in [-0.15, -0.1) is 0 Å². The maximum Gasteiger partial charge on any atom is 0.416 e. The van der Waals surface area contributed by atoms with Crippen LogP contribution in [0.3, 0.4) is 0 Å². The molecular weight excluding hydrogens is 499 g/mol. The summed E-state index contributed by atoms with van der Waals surface area (Å²) in [6.45, 7) is 5.72. The molecule has 0 spiro atoms. The van der Waals surface area contributed by atoms with Gasteiger partial charge in [0.25, 0.3) is 0 Å². The Balaban J connectivity index is 1.75. The van der Waals surface area contributed by atoms with Gasteiger partial charge in [0.2, 0.25) is 0 Å². The average molecular weight is 530 g/mol. The van der Waals surface area contributed by atoms with E-state index in [2.05, 4.69) is 4.98 Å². The SMILES string of the molecule is CC(C)(C)OC(=O)N1CCN(c2ccc(C(F)(F)F)cc2)c2ccc(-c3cccc([C@H](O)CO)n3)cc2C1. The lowest BCUT2D eigenvalue weighted by molar-refractivity contribution is -0.137. The smallest absolute Gasteiger partial charge is 0.416 e. The summed E-state index contributed by atoms with van der Waals surface area (Å²) < 4.78 is 45.0. The minimum atomic E-state index is -4.44. The summed E-state index contributed by atoms with van der Waals surface area (Å²) in [5.74, 6) is 0. The summed E-state index contributed by atoms with van der Waals surface area (Å²) in [4.78, 5) is 20.9. The standard InChI is InChI=1S/C28H30F3N3O4/c1-27(2,3)38-26(37)33-13-14-34(21-10-8-20(9-11-21)28(29,30)31)24-12-7-18(15-19(24)16-33)22-5-4-6-23(32-22)25(36)17-35/h4-12,15,25,35-36H,13-14,16-17H2,1-3H3/t25-/m1/s1. The number of aromatic nitrogens is 1. The predicted octanol–water partition coefficient (Wildman–Crippen LogP) is 5.68. The Hall–Kier alpha value is -3.63. The zero-order chi connectivity index (χ0) is 27.7. The number of fused-ring (bicyclic) bond motifs is 1. The molecule has 0 aliphatic carbocycles. The molecule has 2 heterocycles. The number of carbonyl (C=O) groups excluding carboxylic acids is 1. The Morgan fingerprint density at radius 3 is 2.39 bits per heavy atom. The number of halogens is 3. The molecule has 4 rings (SSSR count). The average Bonchev–Trinajstić information content (AvgIpc) is 3.06. The van der Waals surface area contributed by atoms with Gasteiger partial charge in [0.15, 0.2) is 0 Å². The molecular formula is C28H30F3N3O4. The van der Waals surface area contributed by atoms with Crippen LogP contribution < -0.4 is 4.90 Å². The van der Waals surface area contributed by atoms with Crippen molar-refractivity contribution in [1.82, 2.24) is 9.88 Å². The molecule has 38 heavy (non-hydrogen) atoms. The van der Waals surface area contributed by atoms with Crippen molar-refractivity contribution >= 4 is 17.5 Å². The third-order valence-corrected chi connectivity index (χ3v) is 6.06. The molecule has 0 fully saturated rings. The summed E-state index contributed by atoms with van der Waals surface area (Å²) in [5.41, 5.74) is 2.22. The molecule has 1 aliphatic heterocycles. The largest absolute Gasteiger partial charge is 0.444 e. The molecule has 3 aromatic rings. The van der Waals surface area contributed by atoms with Crippen LogP contribution in [0.15, 0.2) is 60.7 Å². The molecule has 202 valence electrons. The summed E-state index contributed by atoms with van der Waals surface area (Å²) in [6, 6.07) is 15.6. The van der Waals surface area contributed by atoms with Gasteiger partial charge in [-0.2, -0.15) is 13.2 Å². The summed E-state index contributed by atoms with van der Waals surface area (Å²) in [5, 5.41) is 19.3. The quantitative estimate of drug-likeness (QED) is 0.452. The van der Waals surface area contributed by atoms with E-state index >= 15 is 0 Å². The Morgan fingerprint density at radius 2 is 1.76 bits per heavy atom. The lowest BCUT2D eigenvalue weighted by atomic mass is 10.0. The van der Waals surface area contributed by atoms with Gasteiger partial charge in [0, 0.05) is 30.0 Å². The van der Waals surface area contributed by atoms with Crippen molar-refractivity contribution in [1.29, 1.82) is 0 Å². The Kier molecular flexibility index (Phi) is 7.66. The molecule has 0 unspecified atom stereocenters. The predicted molar refractivity (Wildman–Crippen MR) is 137 cm³/mol. The van der Waals surface area contributed by atoms with Gasteiger partial charge in [-0.25, -0.2) is 9.78 Å². The Labute approximate surface area is 219 Å². The van der Waals surface area contributed by atoms with E-state index in [1.165, 1.54) is 12.1 Å². The maximum absolute atomic E-state index is 13.1. The zero-order valence-corrected chi connectivity index (χ0v) is 21.4. The number of hydrogen-bond acceptors (Lipinski definition) is 6. The first-order valence-corrected chi connectivity index (χ1v) is 12.2. The van der Waals surface area contributed by atoms with Crippen LogP contribution in [0.25, 0.3) is 11.3 Å². The van der Waals surface area contributed by atoms with Crippen LogP contribution >= 0.6 is 0 Å². The van der Waals surface area contributed by atoms with Crippen LogP contribution in [0.1, 0.15) is 43.7 Å². The highest BCUT2D eigenvalue weighted by Crippen LogP contribution is 2.37. The molecule has 1 aromatic heterocycles. The van der Waals surface area contributed by atoms with Crippen LogP contribution in [0.2, 0.25) is 0 Å². The fraction of sp³-hybridized carbons (Fsp3) is 0.357. The van der Waals surface area contributed by atoms with Gasteiger partial charge < -0.3 is 24.7 Å². The van der Waals surface area contributed by atoms with E-state index in [-0.39, 0.29) is 13.1 Å². The number of anilines is 2. The van der Waals surface area contributed by atoms with Gasteiger partial charge in [-0.1, -0.05) is 12.1 Å². The van der Waals surface area contributed by atoms with Crippen LogP contribution in [-0.2, 0) is 17.5 Å². The fourth-order valence-electron chi connectivity index (χ4n) is 4.23. The number of alkyl halides is 3. The molecule has 0 saturated heterocycles. The third-order valence-electron chi connectivity index (χ3n) is 6.06. The lowest BCUT2D eigenvalue weighted by Gasteiger charge is -2.27. The number of aliphatic hydroxyl groups excluding tert-OH is 2. The number of rotatable bonds is 4. The molecule has 1 aliphatic rings. The van der Waals surface area contributed by atoms with Crippen molar-refractivity contribution in [2.24, 2.45) is 0 Å². The highest BCUT2D eigenvalue weighted by Gasteiger charge is 2.31. The molecule has 2 aromatic carbocycles. The number of hydrogen-bond donors (Lipinski definition) is 2. The minimum absolute atomic E-state index is 0.216. The van der Waals surface area contributed by atoms with Crippen LogP contribution in [0.4, 0.5) is 29.3 Å². The van der Waals surface area contributed by atoms with E-state index < -0.39 is 36.1 Å². The first-order valence-electron chi connectivity index (χ1n) is 12.2.